The highest BCUT2D eigenvalue weighted by Crippen LogP contribution is 2.20. The van der Waals surface area contributed by atoms with E-state index in [2.05, 4.69) is 4.98 Å². The standard InChI is InChI=1S/C12H11NO4/c14-10(11(15)12(16)17)8-5-7-3-1-2-4-9(7)13-6-8/h1-6,10-11,14-15H,(H,16,17). The number of nitrogens with zero attached hydrogens (tertiary/aromatic N) is 1. The van der Waals surface area contributed by atoms with Gasteiger partial charge in [-0.1, -0.05) is 18.2 Å². The first-order valence-electron chi connectivity index (χ1n) is 5.03. The molecule has 2 rings (SSSR count). The summed E-state index contributed by atoms with van der Waals surface area (Å²) in [5.41, 5.74) is 1.02. The average molecular weight is 233 g/mol. The second kappa shape index (κ2) is 4.48. The molecule has 0 aliphatic rings. The van der Waals surface area contributed by atoms with Crippen molar-refractivity contribution in [1.82, 2.24) is 4.98 Å². The molecular formula is C12H11NO4. The Bertz CT molecular complexity index is 555. The molecule has 5 nitrogen and oxygen atoms in total. The van der Waals surface area contributed by atoms with Gasteiger partial charge in [0.2, 0.25) is 0 Å². The lowest BCUT2D eigenvalue weighted by Crippen LogP contribution is -2.27. The summed E-state index contributed by atoms with van der Waals surface area (Å²) in [4.78, 5) is 14.6. The van der Waals surface area contributed by atoms with Gasteiger partial charge < -0.3 is 15.3 Å². The lowest BCUT2D eigenvalue weighted by Gasteiger charge is -2.14. The Kier molecular flexibility index (Phi) is 3.03. The summed E-state index contributed by atoms with van der Waals surface area (Å²) in [5, 5.41) is 28.3. The number of aliphatic hydroxyl groups is 2. The van der Waals surface area contributed by atoms with Gasteiger partial charge in [0.1, 0.15) is 6.10 Å². The Morgan fingerprint density at radius 3 is 2.65 bits per heavy atom. The van der Waals surface area contributed by atoms with Crippen LogP contribution in [0.1, 0.15) is 11.7 Å². The molecule has 2 atom stereocenters. The summed E-state index contributed by atoms with van der Waals surface area (Å²) in [6, 6.07) is 8.86. The minimum atomic E-state index is -1.85. The topological polar surface area (TPSA) is 90.7 Å². The van der Waals surface area contributed by atoms with Crippen LogP contribution < -0.4 is 0 Å². The number of pyridine rings is 1. The number of carboxylic acid groups (broad SMARTS) is 1. The van der Waals surface area contributed by atoms with E-state index in [1.165, 1.54) is 6.20 Å². The van der Waals surface area contributed by atoms with Crippen LogP contribution in [0.4, 0.5) is 0 Å². The molecule has 1 heterocycles. The van der Waals surface area contributed by atoms with E-state index >= 15 is 0 Å². The van der Waals surface area contributed by atoms with Crippen molar-refractivity contribution in [2.45, 2.75) is 12.2 Å². The summed E-state index contributed by atoms with van der Waals surface area (Å²) in [7, 11) is 0. The number of para-hydroxylation sites is 1. The number of hydrogen-bond acceptors (Lipinski definition) is 4. The Balaban J connectivity index is 2.39. The normalized spacial score (nSPS) is 14.5. The summed E-state index contributed by atoms with van der Waals surface area (Å²) in [6.45, 7) is 0. The molecule has 17 heavy (non-hydrogen) atoms. The maximum Gasteiger partial charge on any atom is 0.335 e. The number of aliphatic carboxylic acids is 1. The zero-order valence-electron chi connectivity index (χ0n) is 8.82. The molecule has 0 aliphatic heterocycles. The van der Waals surface area contributed by atoms with Gasteiger partial charge in [-0.05, 0) is 12.1 Å². The number of rotatable bonds is 3. The van der Waals surface area contributed by atoms with Gasteiger partial charge in [0.05, 0.1) is 5.52 Å². The van der Waals surface area contributed by atoms with Crippen LogP contribution in [0.25, 0.3) is 10.9 Å². The average Bonchev–Trinajstić information content (AvgIpc) is 2.36. The van der Waals surface area contributed by atoms with Crippen LogP contribution in [-0.4, -0.2) is 32.4 Å². The maximum atomic E-state index is 10.5. The lowest BCUT2D eigenvalue weighted by molar-refractivity contribution is -0.153. The second-order valence-corrected chi connectivity index (χ2v) is 3.69. The first-order chi connectivity index (χ1) is 8.09. The predicted octanol–water partition coefficient (Wildman–Crippen LogP) is 0.714. The SMILES string of the molecule is O=C(O)C(O)C(O)c1cnc2ccccc2c1. The molecule has 0 saturated carbocycles. The van der Waals surface area contributed by atoms with Gasteiger partial charge in [0.15, 0.2) is 6.10 Å². The molecule has 1 aromatic heterocycles. The van der Waals surface area contributed by atoms with E-state index in [-0.39, 0.29) is 5.56 Å². The summed E-state index contributed by atoms with van der Waals surface area (Å²) in [6.07, 6.45) is -1.97. The van der Waals surface area contributed by atoms with Gasteiger partial charge in [-0.3, -0.25) is 4.98 Å². The second-order valence-electron chi connectivity index (χ2n) is 3.69. The van der Waals surface area contributed by atoms with Crippen LogP contribution in [0.3, 0.4) is 0 Å². The Morgan fingerprint density at radius 1 is 1.24 bits per heavy atom. The number of fused-ring (bicyclic) bond motifs is 1. The molecule has 2 aromatic rings. The predicted molar refractivity (Wildman–Crippen MR) is 60.3 cm³/mol. The summed E-state index contributed by atoms with van der Waals surface area (Å²) >= 11 is 0. The van der Waals surface area contributed by atoms with Gasteiger partial charge in [0, 0.05) is 17.1 Å². The minimum absolute atomic E-state index is 0.276. The quantitative estimate of drug-likeness (QED) is 0.726. The molecular weight excluding hydrogens is 222 g/mol. The van der Waals surface area contributed by atoms with Crippen LogP contribution in [0.2, 0.25) is 0 Å². The van der Waals surface area contributed by atoms with E-state index in [9.17, 15) is 15.0 Å². The third-order valence-electron chi connectivity index (χ3n) is 2.51. The van der Waals surface area contributed by atoms with E-state index in [1.54, 1.807) is 18.2 Å². The molecule has 0 aliphatic carbocycles. The Labute approximate surface area is 97.0 Å². The number of carboxylic acids is 1. The lowest BCUT2D eigenvalue weighted by atomic mass is 10.0. The van der Waals surface area contributed by atoms with Crippen molar-refractivity contribution in [3.63, 3.8) is 0 Å². The Morgan fingerprint density at radius 2 is 1.94 bits per heavy atom. The van der Waals surface area contributed by atoms with E-state index in [4.69, 9.17) is 5.11 Å². The molecule has 1 aromatic carbocycles. The Hall–Kier alpha value is -1.98. The van der Waals surface area contributed by atoms with Crippen molar-refractivity contribution in [1.29, 1.82) is 0 Å². The van der Waals surface area contributed by atoms with Gasteiger partial charge in [0.25, 0.3) is 0 Å². The van der Waals surface area contributed by atoms with Crippen LogP contribution in [0.5, 0.6) is 0 Å². The van der Waals surface area contributed by atoms with Crippen LogP contribution in [0.15, 0.2) is 36.5 Å². The fourth-order valence-corrected chi connectivity index (χ4v) is 1.57. The molecule has 0 saturated heterocycles. The van der Waals surface area contributed by atoms with E-state index in [0.717, 1.165) is 10.9 Å². The summed E-state index contributed by atoms with van der Waals surface area (Å²) in [5.74, 6) is -1.47. The fourth-order valence-electron chi connectivity index (χ4n) is 1.57. The van der Waals surface area contributed by atoms with Gasteiger partial charge in [-0.15, -0.1) is 0 Å². The van der Waals surface area contributed by atoms with Crippen LogP contribution in [0, 0.1) is 0 Å². The van der Waals surface area contributed by atoms with Crippen molar-refractivity contribution in [3.8, 4) is 0 Å². The van der Waals surface area contributed by atoms with Gasteiger partial charge in [-0.25, -0.2) is 4.79 Å². The monoisotopic (exact) mass is 233 g/mol. The fraction of sp³-hybridized carbons (Fsp3) is 0.167. The minimum Gasteiger partial charge on any atom is -0.479 e. The van der Waals surface area contributed by atoms with Gasteiger partial charge >= 0.3 is 5.97 Å². The molecule has 0 fully saturated rings. The number of aliphatic hydroxyl groups excluding tert-OH is 2. The molecule has 88 valence electrons. The van der Waals surface area contributed by atoms with Crippen LogP contribution in [-0.2, 0) is 4.79 Å². The van der Waals surface area contributed by atoms with E-state index < -0.39 is 18.2 Å². The zero-order valence-corrected chi connectivity index (χ0v) is 8.82. The van der Waals surface area contributed by atoms with Crippen molar-refractivity contribution in [2.24, 2.45) is 0 Å². The molecule has 3 N–H and O–H groups in total. The highest BCUT2D eigenvalue weighted by atomic mass is 16.4. The number of carbonyl (C=O) groups is 1. The molecule has 0 spiro atoms. The van der Waals surface area contributed by atoms with E-state index in [1.807, 2.05) is 12.1 Å². The van der Waals surface area contributed by atoms with Crippen molar-refractivity contribution < 1.29 is 20.1 Å². The maximum absolute atomic E-state index is 10.5. The number of benzene rings is 1. The number of aromatic nitrogens is 1. The first kappa shape index (κ1) is 11.5. The van der Waals surface area contributed by atoms with Crippen molar-refractivity contribution >= 4 is 16.9 Å². The molecule has 0 bridgehead atoms. The highest BCUT2D eigenvalue weighted by molar-refractivity contribution is 5.79. The van der Waals surface area contributed by atoms with Crippen molar-refractivity contribution in [2.75, 3.05) is 0 Å². The van der Waals surface area contributed by atoms with E-state index in [0.29, 0.717) is 0 Å². The largest absolute Gasteiger partial charge is 0.479 e. The molecule has 5 heteroatoms. The smallest absolute Gasteiger partial charge is 0.335 e. The zero-order chi connectivity index (χ0) is 12.4. The van der Waals surface area contributed by atoms with Gasteiger partial charge in [-0.2, -0.15) is 0 Å². The third kappa shape index (κ3) is 2.25. The van der Waals surface area contributed by atoms with Crippen LogP contribution >= 0.6 is 0 Å². The molecule has 0 amide bonds. The molecule has 0 radical (unpaired) electrons. The summed E-state index contributed by atoms with van der Waals surface area (Å²) < 4.78 is 0. The molecule has 2 unspecified atom stereocenters. The first-order valence-corrected chi connectivity index (χ1v) is 5.03. The third-order valence-corrected chi connectivity index (χ3v) is 2.51. The highest BCUT2D eigenvalue weighted by Gasteiger charge is 2.25. The number of hydrogen-bond donors (Lipinski definition) is 3. The van der Waals surface area contributed by atoms with Crippen molar-refractivity contribution in [3.05, 3.63) is 42.1 Å².